The van der Waals surface area contributed by atoms with Crippen molar-refractivity contribution in [3.63, 3.8) is 0 Å². The topological polar surface area (TPSA) is 78.9 Å². The van der Waals surface area contributed by atoms with E-state index in [1.54, 1.807) is 0 Å². The SMILES string of the molecule is C=C(C)C(=O)OC1C(=O)OCC1C(=O)OCC(C)C. The van der Waals surface area contributed by atoms with Crippen molar-refractivity contribution in [2.45, 2.75) is 26.9 Å². The Hall–Kier alpha value is -1.85. The van der Waals surface area contributed by atoms with Gasteiger partial charge in [-0.3, -0.25) is 4.79 Å². The molecule has 1 rings (SSSR count). The summed E-state index contributed by atoms with van der Waals surface area (Å²) in [6.45, 7) is 8.75. The second-order valence-corrected chi connectivity index (χ2v) is 4.87. The van der Waals surface area contributed by atoms with Gasteiger partial charge in [-0.2, -0.15) is 0 Å². The minimum atomic E-state index is -1.25. The molecular weight excluding hydrogens is 252 g/mol. The van der Waals surface area contributed by atoms with Crippen molar-refractivity contribution < 1.29 is 28.6 Å². The summed E-state index contributed by atoms with van der Waals surface area (Å²) in [6.07, 6.45) is -1.25. The molecule has 1 saturated heterocycles. The molecule has 1 fully saturated rings. The average Bonchev–Trinajstić information content (AvgIpc) is 2.68. The molecule has 19 heavy (non-hydrogen) atoms. The summed E-state index contributed by atoms with van der Waals surface area (Å²) >= 11 is 0. The molecule has 0 radical (unpaired) electrons. The maximum atomic E-state index is 11.8. The van der Waals surface area contributed by atoms with Crippen molar-refractivity contribution in [1.29, 1.82) is 0 Å². The van der Waals surface area contributed by atoms with Crippen molar-refractivity contribution in [2.24, 2.45) is 11.8 Å². The fraction of sp³-hybridized carbons (Fsp3) is 0.615. The van der Waals surface area contributed by atoms with Crippen LogP contribution in [0.4, 0.5) is 0 Å². The molecule has 6 nitrogen and oxygen atoms in total. The number of esters is 3. The molecule has 0 aromatic heterocycles. The van der Waals surface area contributed by atoms with Gasteiger partial charge in [0.05, 0.1) is 6.61 Å². The van der Waals surface area contributed by atoms with Crippen molar-refractivity contribution >= 4 is 17.9 Å². The Morgan fingerprint density at radius 1 is 1.47 bits per heavy atom. The molecule has 106 valence electrons. The monoisotopic (exact) mass is 270 g/mol. The maximum Gasteiger partial charge on any atom is 0.348 e. The lowest BCUT2D eigenvalue weighted by Crippen LogP contribution is -2.35. The number of cyclic esters (lactones) is 1. The van der Waals surface area contributed by atoms with E-state index in [1.807, 2.05) is 13.8 Å². The molecule has 6 heteroatoms. The predicted octanol–water partition coefficient (Wildman–Crippen LogP) is 0.846. The van der Waals surface area contributed by atoms with Crippen molar-refractivity contribution in [1.82, 2.24) is 0 Å². The minimum absolute atomic E-state index is 0.135. The van der Waals surface area contributed by atoms with Crippen LogP contribution in [0.25, 0.3) is 0 Å². The normalized spacial score (nSPS) is 22.0. The Balaban J connectivity index is 2.66. The van der Waals surface area contributed by atoms with Crippen LogP contribution in [0.3, 0.4) is 0 Å². The maximum absolute atomic E-state index is 11.8. The summed E-state index contributed by atoms with van der Waals surface area (Å²) in [6, 6.07) is 0. The van der Waals surface area contributed by atoms with Crippen LogP contribution in [-0.2, 0) is 28.6 Å². The third kappa shape index (κ3) is 4.08. The molecule has 1 heterocycles. The molecule has 0 aromatic rings. The summed E-state index contributed by atoms with van der Waals surface area (Å²) in [5.74, 6) is -2.79. The molecule has 1 aliphatic heterocycles. The van der Waals surface area contributed by atoms with E-state index in [0.717, 1.165) is 0 Å². The molecule has 0 bridgehead atoms. The number of hydrogen-bond donors (Lipinski definition) is 0. The van der Waals surface area contributed by atoms with Crippen LogP contribution in [0.5, 0.6) is 0 Å². The van der Waals surface area contributed by atoms with E-state index in [4.69, 9.17) is 14.2 Å². The van der Waals surface area contributed by atoms with E-state index in [0.29, 0.717) is 0 Å². The molecular formula is C13H18O6. The first-order valence-corrected chi connectivity index (χ1v) is 6.02. The van der Waals surface area contributed by atoms with Gasteiger partial charge in [0.1, 0.15) is 12.5 Å². The van der Waals surface area contributed by atoms with E-state index in [-0.39, 0.29) is 24.7 Å². The highest BCUT2D eigenvalue weighted by Gasteiger charge is 2.45. The molecule has 0 N–H and O–H groups in total. The molecule has 0 spiro atoms. The molecule has 0 aromatic carbocycles. The highest BCUT2D eigenvalue weighted by atomic mass is 16.6. The quantitative estimate of drug-likeness (QED) is 0.418. The summed E-state index contributed by atoms with van der Waals surface area (Å²) in [5, 5.41) is 0. The van der Waals surface area contributed by atoms with Crippen molar-refractivity contribution in [3.05, 3.63) is 12.2 Å². The van der Waals surface area contributed by atoms with E-state index < -0.39 is 29.9 Å². The van der Waals surface area contributed by atoms with Crippen molar-refractivity contribution in [2.75, 3.05) is 13.2 Å². The highest BCUT2D eigenvalue weighted by Crippen LogP contribution is 2.21. The summed E-state index contributed by atoms with van der Waals surface area (Å²) in [7, 11) is 0. The minimum Gasteiger partial charge on any atom is -0.465 e. The second kappa shape index (κ2) is 6.36. The van der Waals surface area contributed by atoms with Crippen LogP contribution in [0, 0.1) is 11.8 Å². The van der Waals surface area contributed by atoms with Crippen molar-refractivity contribution in [3.8, 4) is 0 Å². The van der Waals surface area contributed by atoms with Gasteiger partial charge in [0.2, 0.25) is 6.10 Å². The second-order valence-electron chi connectivity index (χ2n) is 4.87. The molecule has 1 aliphatic rings. The fourth-order valence-electron chi connectivity index (χ4n) is 1.40. The molecule has 0 amide bonds. The third-order valence-electron chi connectivity index (χ3n) is 2.45. The highest BCUT2D eigenvalue weighted by molar-refractivity contribution is 5.92. The molecule has 2 atom stereocenters. The zero-order valence-corrected chi connectivity index (χ0v) is 11.3. The fourth-order valence-corrected chi connectivity index (χ4v) is 1.40. The van der Waals surface area contributed by atoms with Gasteiger partial charge in [0.25, 0.3) is 0 Å². The average molecular weight is 270 g/mol. The first-order chi connectivity index (χ1) is 8.82. The Morgan fingerprint density at radius 3 is 2.63 bits per heavy atom. The Morgan fingerprint density at radius 2 is 2.11 bits per heavy atom. The number of carbonyl (C=O) groups is 3. The predicted molar refractivity (Wildman–Crippen MR) is 64.9 cm³/mol. The lowest BCUT2D eigenvalue weighted by atomic mass is 10.1. The van der Waals surface area contributed by atoms with Gasteiger partial charge in [-0.05, 0) is 12.8 Å². The largest absolute Gasteiger partial charge is 0.465 e. The zero-order chi connectivity index (χ0) is 14.6. The number of carbonyl (C=O) groups excluding carboxylic acids is 3. The van der Waals surface area contributed by atoms with Gasteiger partial charge in [-0.1, -0.05) is 20.4 Å². The lowest BCUT2D eigenvalue weighted by Gasteiger charge is -2.16. The summed E-state index contributed by atoms with van der Waals surface area (Å²) in [4.78, 5) is 34.6. The van der Waals surface area contributed by atoms with Crippen LogP contribution in [0.1, 0.15) is 20.8 Å². The Labute approximate surface area is 111 Å². The van der Waals surface area contributed by atoms with Crippen LogP contribution in [-0.4, -0.2) is 37.2 Å². The summed E-state index contributed by atoms with van der Waals surface area (Å²) in [5.41, 5.74) is 0.147. The first kappa shape index (κ1) is 15.2. The number of ether oxygens (including phenoxy) is 3. The van der Waals surface area contributed by atoms with E-state index >= 15 is 0 Å². The Kier molecular flexibility index (Phi) is 5.09. The van der Waals surface area contributed by atoms with Gasteiger partial charge < -0.3 is 14.2 Å². The number of hydrogen-bond acceptors (Lipinski definition) is 6. The van der Waals surface area contributed by atoms with Gasteiger partial charge in [0, 0.05) is 5.57 Å². The van der Waals surface area contributed by atoms with Gasteiger partial charge in [0.15, 0.2) is 0 Å². The van der Waals surface area contributed by atoms with Gasteiger partial charge in [-0.15, -0.1) is 0 Å². The standard InChI is InChI=1S/C13H18O6/c1-7(2)5-17-12(15)9-6-18-13(16)10(9)19-11(14)8(3)4/h7,9-10H,3,5-6H2,1-2,4H3. The lowest BCUT2D eigenvalue weighted by molar-refractivity contribution is -0.163. The van der Waals surface area contributed by atoms with Gasteiger partial charge >= 0.3 is 17.9 Å². The number of rotatable bonds is 5. The van der Waals surface area contributed by atoms with Crippen LogP contribution in [0.15, 0.2) is 12.2 Å². The van der Waals surface area contributed by atoms with Crippen LogP contribution < -0.4 is 0 Å². The Bertz CT molecular complexity index is 398. The van der Waals surface area contributed by atoms with E-state index in [2.05, 4.69) is 6.58 Å². The smallest absolute Gasteiger partial charge is 0.348 e. The molecule has 0 saturated carbocycles. The van der Waals surface area contributed by atoms with E-state index in [9.17, 15) is 14.4 Å². The summed E-state index contributed by atoms with van der Waals surface area (Å²) < 4.78 is 14.7. The van der Waals surface area contributed by atoms with E-state index in [1.165, 1.54) is 6.92 Å². The molecule has 2 unspecified atom stereocenters. The van der Waals surface area contributed by atoms with Crippen LogP contribution >= 0.6 is 0 Å². The van der Waals surface area contributed by atoms with Gasteiger partial charge in [-0.25, -0.2) is 9.59 Å². The third-order valence-corrected chi connectivity index (χ3v) is 2.45. The molecule has 0 aliphatic carbocycles. The van der Waals surface area contributed by atoms with Crippen LogP contribution in [0.2, 0.25) is 0 Å². The first-order valence-electron chi connectivity index (χ1n) is 6.02. The zero-order valence-electron chi connectivity index (χ0n) is 11.3.